The molecule has 2 aromatic rings. The topological polar surface area (TPSA) is 65.4 Å². The first-order valence-corrected chi connectivity index (χ1v) is 9.13. The van der Waals surface area contributed by atoms with E-state index in [4.69, 9.17) is 27.9 Å². The number of nitrogens with zero attached hydrogens (tertiary/aromatic N) is 2. The molecule has 0 aliphatic carbocycles. The van der Waals surface area contributed by atoms with Crippen molar-refractivity contribution in [3.63, 3.8) is 0 Å². The zero-order valence-corrected chi connectivity index (χ0v) is 15.9. The van der Waals surface area contributed by atoms with E-state index in [9.17, 15) is 10.1 Å². The van der Waals surface area contributed by atoms with Crippen LogP contribution in [0.4, 0.5) is 11.4 Å². The van der Waals surface area contributed by atoms with Crippen LogP contribution >= 0.6 is 23.2 Å². The summed E-state index contributed by atoms with van der Waals surface area (Å²) in [5.41, 5.74) is 2.05. The van der Waals surface area contributed by atoms with E-state index in [0.717, 1.165) is 5.69 Å². The maximum atomic E-state index is 12.7. The minimum atomic E-state index is -0.505. The van der Waals surface area contributed by atoms with Crippen molar-refractivity contribution in [2.45, 2.75) is 0 Å². The number of ether oxygens (including phenoxy) is 1. The van der Waals surface area contributed by atoms with E-state index in [1.54, 1.807) is 36.4 Å². The van der Waals surface area contributed by atoms with E-state index in [1.807, 2.05) is 12.1 Å². The van der Waals surface area contributed by atoms with Crippen molar-refractivity contribution in [1.82, 2.24) is 0 Å². The van der Waals surface area contributed by atoms with Gasteiger partial charge in [-0.15, -0.1) is 0 Å². The molecule has 2 aromatic carbocycles. The number of amides is 1. The minimum Gasteiger partial charge on any atom is -0.378 e. The van der Waals surface area contributed by atoms with Crippen LogP contribution in [0.5, 0.6) is 0 Å². The lowest BCUT2D eigenvalue weighted by atomic mass is 10.1. The molecule has 1 aliphatic heterocycles. The number of anilines is 2. The Hall–Kier alpha value is -2.52. The number of benzene rings is 2. The molecule has 27 heavy (non-hydrogen) atoms. The van der Waals surface area contributed by atoms with E-state index in [0.29, 0.717) is 47.6 Å². The summed E-state index contributed by atoms with van der Waals surface area (Å²) >= 11 is 12.1. The number of nitrogens with one attached hydrogen (secondary N) is 1. The van der Waals surface area contributed by atoms with Crippen molar-refractivity contribution in [2.75, 3.05) is 36.5 Å². The molecule has 3 rings (SSSR count). The van der Waals surface area contributed by atoms with Gasteiger partial charge in [0.1, 0.15) is 11.6 Å². The zero-order chi connectivity index (χ0) is 19.2. The second-order valence-electron chi connectivity index (χ2n) is 5.94. The Morgan fingerprint density at radius 1 is 1.15 bits per heavy atom. The molecule has 1 aliphatic rings. The fraction of sp³-hybridized carbons (Fsp3) is 0.200. The normalized spacial score (nSPS) is 14.6. The molecule has 5 nitrogen and oxygen atoms in total. The van der Waals surface area contributed by atoms with Gasteiger partial charge in [0.25, 0.3) is 5.91 Å². The molecule has 1 N–H and O–H groups in total. The summed E-state index contributed by atoms with van der Waals surface area (Å²) in [5, 5.41) is 13.3. The van der Waals surface area contributed by atoms with Gasteiger partial charge >= 0.3 is 0 Å². The molecular weight excluding hydrogens is 385 g/mol. The average Bonchev–Trinajstić information content (AvgIpc) is 2.67. The Bertz CT molecular complexity index is 916. The van der Waals surface area contributed by atoms with Crippen LogP contribution in [0.15, 0.2) is 48.0 Å². The molecule has 0 atom stereocenters. The minimum absolute atomic E-state index is 0.0230. The van der Waals surface area contributed by atoms with Crippen molar-refractivity contribution >= 4 is 46.6 Å². The van der Waals surface area contributed by atoms with E-state index in [2.05, 4.69) is 10.2 Å². The summed E-state index contributed by atoms with van der Waals surface area (Å²) in [7, 11) is 0. The van der Waals surface area contributed by atoms with Crippen LogP contribution in [-0.2, 0) is 9.53 Å². The van der Waals surface area contributed by atoms with Crippen LogP contribution in [0.1, 0.15) is 5.56 Å². The quantitative estimate of drug-likeness (QED) is 0.609. The molecular formula is C20H17Cl2N3O2. The van der Waals surface area contributed by atoms with Crippen LogP contribution in [0.25, 0.3) is 6.08 Å². The predicted octanol–water partition coefficient (Wildman–Crippen LogP) is 4.38. The van der Waals surface area contributed by atoms with Crippen LogP contribution in [-0.4, -0.2) is 32.2 Å². The highest BCUT2D eigenvalue weighted by atomic mass is 35.5. The van der Waals surface area contributed by atoms with Gasteiger partial charge in [-0.1, -0.05) is 35.3 Å². The molecule has 0 spiro atoms. The molecule has 0 aromatic heterocycles. The summed E-state index contributed by atoms with van der Waals surface area (Å²) in [4.78, 5) is 14.8. The third-order valence-corrected chi connectivity index (χ3v) is 4.55. The van der Waals surface area contributed by atoms with Crippen molar-refractivity contribution in [2.24, 2.45) is 0 Å². The third kappa shape index (κ3) is 5.01. The van der Waals surface area contributed by atoms with Gasteiger partial charge in [0.05, 0.1) is 24.6 Å². The van der Waals surface area contributed by atoms with Crippen molar-refractivity contribution < 1.29 is 9.53 Å². The number of carbonyl (C=O) groups excluding carboxylic acids is 1. The highest BCUT2D eigenvalue weighted by Crippen LogP contribution is 2.30. The first-order valence-electron chi connectivity index (χ1n) is 8.38. The Kier molecular flexibility index (Phi) is 6.36. The lowest BCUT2D eigenvalue weighted by molar-refractivity contribution is -0.112. The van der Waals surface area contributed by atoms with E-state index in [1.165, 1.54) is 6.08 Å². The summed E-state index contributed by atoms with van der Waals surface area (Å²) in [6.45, 7) is 2.67. The maximum Gasteiger partial charge on any atom is 0.266 e. The van der Waals surface area contributed by atoms with Gasteiger partial charge in [0.15, 0.2) is 0 Å². The SMILES string of the molecule is N#C/C(=C\c1cccc(Cl)c1)C(=O)Nc1cc(Cl)ccc1N1CCOCC1. The number of halogens is 2. The molecule has 0 unspecified atom stereocenters. The smallest absolute Gasteiger partial charge is 0.266 e. The van der Waals surface area contributed by atoms with Gasteiger partial charge < -0.3 is 15.0 Å². The maximum absolute atomic E-state index is 12.7. The Labute approximate surface area is 167 Å². The number of hydrogen-bond acceptors (Lipinski definition) is 4. The fourth-order valence-electron chi connectivity index (χ4n) is 2.79. The first kappa shape index (κ1) is 19.2. The van der Waals surface area contributed by atoms with Gasteiger partial charge in [-0.25, -0.2) is 0 Å². The van der Waals surface area contributed by atoms with Crippen LogP contribution in [0.2, 0.25) is 10.0 Å². The number of nitriles is 1. The summed E-state index contributed by atoms with van der Waals surface area (Å²) in [6.07, 6.45) is 1.50. The highest BCUT2D eigenvalue weighted by molar-refractivity contribution is 6.31. The van der Waals surface area contributed by atoms with E-state index < -0.39 is 5.91 Å². The van der Waals surface area contributed by atoms with Crippen LogP contribution in [0, 0.1) is 11.3 Å². The van der Waals surface area contributed by atoms with Crippen LogP contribution in [0.3, 0.4) is 0 Å². The number of carbonyl (C=O) groups is 1. The van der Waals surface area contributed by atoms with Gasteiger partial charge in [-0.2, -0.15) is 5.26 Å². The lowest BCUT2D eigenvalue weighted by Crippen LogP contribution is -2.36. The zero-order valence-electron chi connectivity index (χ0n) is 14.4. The van der Waals surface area contributed by atoms with Gasteiger partial charge in [0, 0.05) is 23.1 Å². The van der Waals surface area contributed by atoms with Gasteiger partial charge in [-0.05, 0) is 42.0 Å². The third-order valence-electron chi connectivity index (χ3n) is 4.08. The van der Waals surface area contributed by atoms with E-state index >= 15 is 0 Å². The van der Waals surface area contributed by atoms with Gasteiger partial charge in [-0.3, -0.25) is 4.79 Å². The van der Waals surface area contributed by atoms with Crippen molar-refractivity contribution in [1.29, 1.82) is 5.26 Å². The molecule has 1 saturated heterocycles. The Morgan fingerprint density at radius 3 is 2.59 bits per heavy atom. The summed E-state index contributed by atoms with van der Waals surface area (Å²) in [5.74, 6) is -0.505. The second-order valence-corrected chi connectivity index (χ2v) is 6.81. The monoisotopic (exact) mass is 401 g/mol. The molecule has 0 saturated carbocycles. The molecule has 138 valence electrons. The Morgan fingerprint density at radius 2 is 1.89 bits per heavy atom. The molecule has 1 amide bonds. The van der Waals surface area contributed by atoms with Crippen molar-refractivity contribution in [3.8, 4) is 6.07 Å². The first-order chi connectivity index (χ1) is 13.1. The predicted molar refractivity (Wildman–Crippen MR) is 108 cm³/mol. The number of rotatable bonds is 4. The average molecular weight is 402 g/mol. The van der Waals surface area contributed by atoms with Crippen molar-refractivity contribution in [3.05, 3.63) is 63.6 Å². The molecule has 0 bridgehead atoms. The number of hydrogen-bond donors (Lipinski definition) is 1. The standard InChI is InChI=1S/C20H17Cl2N3O2/c21-16-3-1-2-14(11-16)10-15(13-23)20(26)24-18-12-17(22)4-5-19(18)25-6-8-27-9-7-25/h1-5,10-12H,6-9H2,(H,24,26)/b15-10+. The molecule has 1 fully saturated rings. The fourth-order valence-corrected chi connectivity index (χ4v) is 3.16. The second kappa shape index (κ2) is 8.92. The summed E-state index contributed by atoms with van der Waals surface area (Å²) < 4.78 is 5.38. The summed E-state index contributed by atoms with van der Waals surface area (Å²) in [6, 6.07) is 14.2. The van der Waals surface area contributed by atoms with E-state index in [-0.39, 0.29) is 5.57 Å². The molecule has 0 radical (unpaired) electrons. The number of morpholine rings is 1. The molecule has 1 heterocycles. The largest absolute Gasteiger partial charge is 0.378 e. The highest BCUT2D eigenvalue weighted by Gasteiger charge is 2.18. The molecule has 7 heteroatoms. The lowest BCUT2D eigenvalue weighted by Gasteiger charge is -2.30. The Balaban J connectivity index is 1.86. The van der Waals surface area contributed by atoms with Crippen LogP contribution < -0.4 is 10.2 Å². The van der Waals surface area contributed by atoms with Gasteiger partial charge in [0.2, 0.25) is 0 Å².